The molecule has 3 N–H and O–H groups in total. The maximum absolute atomic E-state index is 13.9. The zero-order valence-corrected chi connectivity index (χ0v) is 28.5. The van der Waals surface area contributed by atoms with Gasteiger partial charge in [-0.15, -0.1) is 22.7 Å². The normalized spacial score (nSPS) is 13.2. The van der Waals surface area contributed by atoms with Crippen molar-refractivity contribution in [1.29, 1.82) is 0 Å². The van der Waals surface area contributed by atoms with Crippen LogP contribution in [0.1, 0.15) is 46.7 Å². The number of carbonyl (C=O) groups excluding carboxylic acids is 2. The maximum atomic E-state index is 13.9. The van der Waals surface area contributed by atoms with E-state index in [-0.39, 0.29) is 11.4 Å². The van der Waals surface area contributed by atoms with Crippen molar-refractivity contribution in [2.24, 2.45) is 0 Å². The van der Waals surface area contributed by atoms with Gasteiger partial charge in [0.05, 0.1) is 46.9 Å². The van der Waals surface area contributed by atoms with Gasteiger partial charge in [0, 0.05) is 21.7 Å². The van der Waals surface area contributed by atoms with Gasteiger partial charge in [0.2, 0.25) is 15.9 Å². The number of thiophene rings is 1. The molecule has 2 heterocycles. The minimum atomic E-state index is -4.01. The summed E-state index contributed by atoms with van der Waals surface area (Å²) in [6.07, 6.45) is -0.741. The summed E-state index contributed by atoms with van der Waals surface area (Å²) in [5.74, 6) is -0.937. The van der Waals surface area contributed by atoms with Crippen molar-refractivity contribution < 1.29 is 27.9 Å². The minimum Gasteiger partial charge on any atom is -0.453 e. The van der Waals surface area contributed by atoms with Crippen LogP contribution in [-0.4, -0.2) is 60.6 Å². The SMILES string of the molecule is COC(=O)N[C@H](C(=O)NCc1ccc([C@@H](CO)N(C(C)C)S(=O)(=O)c2ccc3scnc3c2)s1)C(c1ccccc1)c1ccccc1. The van der Waals surface area contributed by atoms with E-state index in [2.05, 4.69) is 15.6 Å². The Bertz CT molecular complexity index is 1870. The molecule has 0 saturated carbocycles. The number of aromatic nitrogens is 1. The van der Waals surface area contributed by atoms with Crippen LogP contribution in [-0.2, 0) is 26.1 Å². The number of carbonyl (C=O) groups is 2. The number of alkyl carbamates (subject to hydrolysis) is 1. The van der Waals surface area contributed by atoms with Crippen molar-refractivity contribution in [1.82, 2.24) is 19.9 Å². The second kappa shape index (κ2) is 15.2. The van der Waals surface area contributed by atoms with E-state index in [1.807, 2.05) is 60.7 Å². The molecule has 0 spiro atoms. The highest BCUT2D eigenvalue weighted by atomic mass is 32.2. The molecule has 0 aliphatic rings. The van der Waals surface area contributed by atoms with Crippen molar-refractivity contribution in [3.05, 3.63) is 117 Å². The van der Waals surface area contributed by atoms with Crippen LogP contribution in [0.4, 0.5) is 4.79 Å². The number of methoxy groups -OCH3 is 1. The lowest BCUT2D eigenvalue weighted by Crippen LogP contribution is -2.50. The zero-order valence-electron chi connectivity index (χ0n) is 26.1. The number of nitrogens with one attached hydrogen (secondary N) is 2. The van der Waals surface area contributed by atoms with Gasteiger partial charge in [-0.3, -0.25) is 4.79 Å². The van der Waals surface area contributed by atoms with E-state index < -0.39 is 52.7 Å². The number of nitrogens with zero attached hydrogens (tertiary/aromatic N) is 2. The molecule has 3 aromatic carbocycles. The number of rotatable bonds is 13. The van der Waals surface area contributed by atoms with Crippen molar-refractivity contribution in [3.8, 4) is 0 Å². The molecule has 0 bridgehead atoms. The van der Waals surface area contributed by atoms with Gasteiger partial charge in [-0.25, -0.2) is 18.2 Å². The van der Waals surface area contributed by atoms with Crippen LogP contribution >= 0.6 is 22.7 Å². The number of thiazole rings is 1. The third-order valence-electron chi connectivity index (χ3n) is 7.71. The van der Waals surface area contributed by atoms with Gasteiger partial charge in [0.15, 0.2) is 0 Å². The lowest BCUT2D eigenvalue weighted by molar-refractivity contribution is -0.123. The molecule has 0 fully saturated rings. The van der Waals surface area contributed by atoms with Crippen LogP contribution in [0, 0.1) is 0 Å². The first-order chi connectivity index (χ1) is 22.6. The summed E-state index contributed by atoms with van der Waals surface area (Å²) in [4.78, 5) is 32.0. The standard InChI is InChI=1S/C34H36N4O6S3/c1-22(2)38(47(42,43)26-15-17-29-27(18-26)36-21-45-29)28(20-39)30-16-14-25(46-30)19-35-33(40)32(37-34(41)44-3)31(23-10-6-4-7-11-23)24-12-8-5-9-13-24/h4-18,21-22,28,31-32,39H,19-20H2,1-3H3,(H,35,40)(H,37,41)/t28-,32+/m1/s1. The summed E-state index contributed by atoms with van der Waals surface area (Å²) in [6.45, 7) is 3.21. The minimum absolute atomic E-state index is 0.0997. The average molecular weight is 693 g/mol. The Labute approximate surface area is 282 Å². The predicted octanol–water partition coefficient (Wildman–Crippen LogP) is 5.66. The molecule has 13 heteroatoms. The Hall–Kier alpha value is -4.14. The third-order valence-corrected chi connectivity index (χ3v) is 11.8. The molecule has 0 unspecified atom stereocenters. The van der Waals surface area contributed by atoms with Crippen molar-refractivity contribution in [2.75, 3.05) is 13.7 Å². The molecule has 5 rings (SSSR count). The van der Waals surface area contributed by atoms with Gasteiger partial charge in [0.25, 0.3) is 0 Å². The van der Waals surface area contributed by atoms with Crippen LogP contribution in [0.3, 0.4) is 0 Å². The van der Waals surface area contributed by atoms with Crippen molar-refractivity contribution in [3.63, 3.8) is 0 Å². The number of amides is 2. The molecule has 5 aromatic rings. The van der Waals surface area contributed by atoms with Gasteiger partial charge < -0.3 is 20.5 Å². The van der Waals surface area contributed by atoms with Crippen LogP contribution in [0.25, 0.3) is 10.2 Å². The van der Waals surface area contributed by atoms with Gasteiger partial charge in [-0.1, -0.05) is 60.7 Å². The highest BCUT2D eigenvalue weighted by molar-refractivity contribution is 7.89. The average Bonchev–Trinajstić information content (AvgIpc) is 3.76. The van der Waals surface area contributed by atoms with Gasteiger partial charge >= 0.3 is 6.09 Å². The second-order valence-electron chi connectivity index (χ2n) is 11.0. The highest BCUT2D eigenvalue weighted by Gasteiger charge is 2.36. The third kappa shape index (κ3) is 7.71. The second-order valence-corrected chi connectivity index (χ2v) is 15.0. The number of aliphatic hydroxyl groups excluding tert-OH is 1. The van der Waals surface area contributed by atoms with E-state index in [1.54, 1.807) is 49.7 Å². The summed E-state index contributed by atoms with van der Waals surface area (Å²) in [5.41, 5.74) is 3.93. The topological polar surface area (TPSA) is 138 Å². The number of benzene rings is 3. The predicted molar refractivity (Wildman–Crippen MR) is 184 cm³/mol. The van der Waals surface area contributed by atoms with E-state index in [9.17, 15) is 23.1 Å². The summed E-state index contributed by atoms with van der Waals surface area (Å²) in [6, 6.07) is 25.0. The Morgan fingerprint density at radius 3 is 2.21 bits per heavy atom. The van der Waals surface area contributed by atoms with Crippen LogP contribution < -0.4 is 10.6 Å². The van der Waals surface area contributed by atoms with E-state index >= 15 is 0 Å². The smallest absolute Gasteiger partial charge is 0.407 e. The first-order valence-corrected chi connectivity index (χ1v) is 18.1. The first kappa shape index (κ1) is 34.2. The molecule has 0 aliphatic heterocycles. The quantitative estimate of drug-likeness (QED) is 0.145. The molecule has 0 aliphatic carbocycles. The number of hydrogen-bond donors (Lipinski definition) is 3. The Kier molecular flexibility index (Phi) is 11.0. The fraction of sp³-hybridized carbons (Fsp3) is 0.265. The fourth-order valence-electron chi connectivity index (χ4n) is 5.56. The van der Waals surface area contributed by atoms with Crippen molar-refractivity contribution in [2.45, 2.75) is 49.3 Å². The Morgan fingerprint density at radius 1 is 0.957 bits per heavy atom. The van der Waals surface area contributed by atoms with E-state index in [1.165, 1.54) is 34.1 Å². The maximum Gasteiger partial charge on any atom is 0.407 e. The Morgan fingerprint density at radius 2 is 1.62 bits per heavy atom. The van der Waals surface area contributed by atoms with E-state index in [4.69, 9.17) is 4.74 Å². The van der Waals surface area contributed by atoms with Gasteiger partial charge in [0.1, 0.15) is 6.04 Å². The van der Waals surface area contributed by atoms with Crippen molar-refractivity contribution >= 4 is 54.9 Å². The molecular weight excluding hydrogens is 657 g/mol. The molecule has 246 valence electrons. The molecule has 0 saturated heterocycles. The molecule has 2 aromatic heterocycles. The summed E-state index contributed by atoms with van der Waals surface area (Å²) < 4.78 is 34.9. The monoisotopic (exact) mass is 692 g/mol. The lowest BCUT2D eigenvalue weighted by Gasteiger charge is -2.32. The van der Waals surface area contributed by atoms with Crippen LogP contribution in [0.5, 0.6) is 0 Å². The zero-order chi connectivity index (χ0) is 33.6. The highest BCUT2D eigenvalue weighted by Crippen LogP contribution is 2.35. The molecular formula is C34H36N4O6S3. The summed E-state index contributed by atoms with van der Waals surface area (Å²) >= 11 is 2.72. The lowest BCUT2D eigenvalue weighted by atomic mass is 9.84. The molecule has 2 atom stereocenters. The summed E-state index contributed by atoms with van der Waals surface area (Å²) in [5, 5.41) is 16.2. The van der Waals surface area contributed by atoms with Crippen LogP contribution in [0.2, 0.25) is 0 Å². The van der Waals surface area contributed by atoms with Crippen LogP contribution in [0.15, 0.2) is 101 Å². The van der Waals surface area contributed by atoms with E-state index in [0.717, 1.165) is 20.7 Å². The fourth-order valence-corrected chi connectivity index (χ4v) is 9.14. The Balaban J connectivity index is 1.38. The summed E-state index contributed by atoms with van der Waals surface area (Å²) in [7, 11) is -2.77. The molecule has 2 amide bonds. The number of ether oxygens (including phenoxy) is 1. The largest absolute Gasteiger partial charge is 0.453 e. The molecule has 47 heavy (non-hydrogen) atoms. The number of sulfonamides is 1. The molecule has 0 radical (unpaired) electrons. The number of hydrogen-bond acceptors (Lipinski definition) is 9. The number of fused-ring (bicyclic) bond motifs is 1. The van der Waals surface area contributed by atoms with Gasteiger partial charge in [-0.2, -0.15) is 4.31 Å². The first-order valence-electron chi connectivity index (χ1n) is 14.9. The van der Waals surface area contributed by atoms with Gasteiger partial charge in [-0.05, 0) is 55.3 Å². The van der Waals surface area contributed by atoms with E-state index in [0.29, 0.717) is 10.4 Å². The molecule has 10 nitrogen and oxygen atoms in total. The number of aliphatic hydroxyl groups is 1.